The second-order valence-corrected chi connectivity index (χ2v) is 6.56. The van der Waals surface area contributed by atoms with Crippen LogP contribution < -0.4 is 15.5 Å². The number of piperidine rings is 1. The van der Waals surface area contributed by atoms with Crippen LogP contribution in [0, 0.1) is 0 Å². The van der Waals surface area contributed by atoms with E-state index >= 15 is 0 Å². The minimum Gasteiger partial charge on any atom is -0.378 e. The first-order chi connectivity index (χ1) is 10.6. The van der Waals surface area contributed by atoms with E-state index in [9.17, 15) is 4.79 Å². The summed E-state index contributed by atoms with van der Waals surface area (Å²) in [5.41, 5.74) is 1.72. The molecule has 1 spiro atoms. The summed E-state index contributed by atoms with van der Waals surface area (Å²) in [4.78, 5) is 14.4. The van der Waals surface area contributed by atoms with E-state index in [4.69, 9.17) is 4.74 Å². The summed E-state index contributed by atoms with van der Waals surface area (Å²) in [6.07, 6.45) is 3.00. The fourth-order valence-electron chi connectivity index (χ4n) is 3.36. The third-order valence-corrected chi connectivity index (χ3v) is 4.68. The molecule has 0 unspecified atom stereocenters. The molecule has 2 saturated heterocycles. The topological polar surface area (TPSA) is 53.6 Å². The molecule has 1 aromatic carbocycles. The number of ether oxygens (including phenoxy) is 1. The number of benzene rings is 1. The Morgan fingerprint density at radius 3 is 2.86 bits per heavy atom. The van der Waals surface area contributed by atoms with Crippen LogP contribution in [0.15, 0.2) is 24.3 Å². The molecular weight excluding hydrogens is 278 g/mol. The smallest absolute Gasteiger partial charge is 0.251 e. The number of nitrogens with zero attached hydrogens (tertiary/aromatic N) is 1. The number of hydrogen-bond donors (Lipinski definition) is 2. The lowest BCUT2D eigenvalue weighted by Gasteiger charge is -2.32. The Kier molecular flexibility index (Phi) is 4.36. The molecular formula is C17H25N3O2. The quantitative estimate of drug-likeness (QED) is 0.886. The van der Waals surface area contributed by atoms with Crippen LogP contribution in [0.4, 0.5) is 5.69 Å². The van der Waals surface area contributed by atoms with Gasteiger partial charge in [0.05, 0.1) is 18.2 Å². The Bertz CT molecular complexity index is 538. The molecule has 0 saturated carbocycles. The van der Waals surface area contributed by atoms with E-state index in [1.54, 1.807) is 0 Å². The Labute approximate surface area is 132 Å². The standard InChI is InChI=1S/C17H25N3O2/c1-20(2)15-5-3-4-13(10-15)16(21)19-14-11-17(22-12-14)6-8-18-9-7-17/h3-5,10,14,18H,6-9,11-12H2,1-2H3,(H,19,21)/t14-/m1/s1. The minimum absolute atomic E-state index is 0.0108. The zero-order valence-corrected chi connectivity index (χ0v) is 13.4. The molecule has 0 aliphatic carbocycles. The number of amides is 1. The lowest BCUT2D eigenvalue weighted by atomic mass is 9.88. The molecule has 1 aromatic rings. The lowest BCUT2D eigenvalue weighted by molar-refractivity contribution is -0.0194. The van der Waals surface area contributed by atoms with Gasteiger partial charge in [-0.15, -0.1) is 0 Å². The first-order valence-electron chi connectivity index (χ1n) is 8.01. The van der Waals surface area contributed by atoms with Crippen LogP contribution in [-0.4, -0.2) is 51.3 Å². The van der Waals surface area contributed by atoms with E-state index < -0.39 is 0 Å². The Hall–Kier alpha value is -1.59. The number of anilines is 1. The maximum Gasteiger partial charge on any atom is 0.251 e. The number of carbonyl (C=O) groups excluding carboxylic acids is 1. The van der Waals surface area contributed by atoms with Crippen molar-refractivity contribution < 1.29 is 9.53 Å². The van der Waals surface area contributed by atoms with Crippen molar-refractivity contribution in [2.45, 2.75) is 30.9 Å². The monoisotopic (exact) mass is 303 g/mol. The van der Waals surface area contributed by atoms with Crippen LogP contribution in [0.25, 0.3) is 0 Å². The molecule has 5 nitrogen and oxygen atoms in total. The van der Waals surface area contributed by atoms with Gasteiger partial charge in [-0.1, -0.05) is 6.07 Å². The fraction of sp³-hybridized carbons (Fsp3) is 0.588. The summed E-state index contributed by atoms with van der Waals surface area (Å²) in [6.45, 7) is 2.64. The maximum absolute atomic E-state index is 12.4. The highest BCUT2D eigenvalue weighted by atomic mass is 16.5. The van der Waals surface area contributed by atoms with Crippen LogP contribution in [0.2, 0.25) is 0 Å². The molecule has 5 heteroatoms. The third-order valence-electron chi connectivity index (χ3n) is 4.68. The van der Waals surface area contributed by atoms with E-state index in [1.807, 2.05) is 43.3 Å². The van der Waals surface area contributed by atoms with Crippen LogP contribution >= 0.6 is 0 Å². The molecule has 2 aliphatic heterocycles. The third kappa shape index (κ3) is 3.25. The van der Waals surface area contributed by atoms with Gasteiger partial charge in [-0.2, -0.15) is 0 Å². The predicted molar refractivity (Wildman–Crippen MR) is 87.4 cm³/mol. The predicted octanol–water partition coefficient (Wildman–Crippen LogP) is 1.39. The normalized spacial score (nSPS) is 23.5. The number of rotatable bonds is 3. The summed E-state index contributed by atoms with van der Waals surface area (Å²) in [6, 6.07) is 7.82. The first-order valence-corrected chi connectivity index (χ1v) is 8.01. The molecule has 2 aliphatic rings. The van der Waals surface area contributed by atoms with E-state index in [2.05, 4.69) is 10.6 Å². The van der Waals surface area contributed by atoms with Gasteiger partial charge < -0.3 is 20.3 Å². The second-order valence-electron chi connectivity index (χ2n) is 6.56. The van der Waals surface area contributed by atoms with Gasteiger partial charge in [-0.3, -0.25) is 4.79 Å². The van der Waals surface area contributed by atoms with Gasteiger partial charge in [0.25, 0.3) is 5.91 Å². The van der Waals surface area contributed by atoms with Crippen molar-refractivity contribution in [1.82, 2.24) is 10.6 Å². The van der Waals surface area contributed by atoms with Crippen LogP contribution in [0.3, 0.4) is 0 Å². The molecule has 22 heavy (non-hydrogen) atoms. The van der Waals surface area contributed by atoms with Crippen LogP contribution in [0.1, 0.15) is 29.6 Å². The van der Waals surface area contributed by atoms with Crippen LogP contribution in [-0.2, 0) is 4.74 Å². The molecule has 0 aromatic heterocycles. The maximum atomic E-state index is 12.4. The number of carbonyl (C=O) groups is 1. The van der Waals surface area contributed by atoms with Crippen molar-refractivity contribution in [3.8, 4) is 0 Å². The zero-order valence-electron chi connectivity index (χ0n) is 13.4. The van der Waals surface area contributed by atoms with Gasteiger partial charge >= 0.3 is 0 Å². The van der Waals surface area contributed by atoms with E-state index in [0.717, 1.165) is 38.0 Å². The average Bonchev–Trinajstić information content (AvgIpc) is 2.90. The molecule has 2 fully saturated rings. The van der Waals surface area contributed by atoms with Crippen molar-refractivity contribution >= 4 is 11.6 Å². The molecule has 2 heterocycles. The average molecular weight is 303 g/mol. The van der Waals surface area contributed by atoms with Gasteiger partial charge in [0.1, 0.15) is 0 Å². The fourth-order valence-corrected chi connectivity index (χ4v) is 3.36. The molecule has 2 N–H and O–H groups in total. The highest BCUT2D eigenvalue weighted by Crippen LogP contribution is 2.34. The summed E-state index contributed by atoms with van der Waals surface area (Å²) in [7, 11) is 3.95. The van der Waals surface area contributed by atoms with E-state index in [-0.39, 0.29) is 17.6 Å². The minimum atomic E-state index is -0.0192. The van der Waals surface area contributed by atoms with Crippen LogP contribution in [0.5, 0.6) is 0 Å². The first kappa shape index (κ1) is 15.3. The number of nitrogens with one attached hydrogen (secondary N) is 2. The molecule has 1 atom stereocenters. The lowest BCUT2D eigenvalue weighted by Crippen LogP contribution is -2.43. The molecule has 0 radical (unpaired) electrons. The molecule has 0 bridgehead atoms. The SMILES string of the molecule is CN(C)c1cccc(C(=O)N[C@H]2COC3(CCNCC3)C2)c1. The number of hydrogen-bond acceptors (Lipinski definition) is 4. The Morgan fingerprint density at radius 1 is 1.36 bits per heavy atom. The van der Waals surface area contributed by atoms with E-state index in [1.165, 1.54) is 0 Å². The Balaban J connectivity index is 1.61. The molecule has 3 rings (SSSR count). The van der Waals surface area contributed by atoms with Crippen molar-refractivity contribution in [1.29, 1.82) is 0 Å². The van der Waals surface area contributed by atoms with E-state index in [0.29, 0.717) is 12.2 Å². The highest BCUT2D eigenvalue weighted by Gasteiger charge is 2.41. The zero-order chi connectivity index (χ0) is 15.6. The van der Waals surface area contributed by atoms with Gasteiger partial charge in [-0.25, -0.2) is 0 Å². The largest absolute Gasteiger partial charge is 0.378 e. The summed E-state index contributed by atoms with van der Waals surface area (Å²) in [5.74, 6) is -0.0108. The van der Waals surface area contributed by atoms with Gasteiger partial charge in [0.15, 0.2) is 0 Å². The summed E-state index contributed by atoms with van der Waals surface area (Å²) in [5, 5.41) is 6.49. The molecule has 120 valence electrons. The highest BCUT2D eigenvalue weighted by molar-refractivity contribution is 5.95. The van der Waals surface area contributed by atoms with Gasteiger partial charge in [0, 0.05) is 25.3 Å². The van der Waals surface area contributed by atoms with Crippen molar-refractivity contribution in [3.63, 3.8) is 0 Å². The van der Waals surface area contributed by atoms with Gasteiger partial charge in [-0.05, 0) is 50.6 Å². The van der Waals surface area contributed by atoms with Crippen molar-refractivity contribution in [3.05, 3.63) is 29.8 Å². The second kappa shape index (κ2) is 6.26. The van der Waals surface area contributed by atoms with Crippen molar-refractivity contribution in [2.24, 2.45) is 0 Å². The summed E-state index contributed by atoms with van der Waals surface area (Å²) >= 11 is 0. The Morgan fingerprint density at radius 2 is 2.14 bits per heavy atom. The van der Waals surface area contributed by atoms with Crippen molar-refractivity contribution in [2.75, 3.05) is 38.7 Å². The molecule has 1 amide bonds. The summed E-state index contributed by atoms with van der Waals surface area (Å²) < 4.78 is 6.03. The van der Waals surface area contributed by atoms with Gasteiger partial charge in [0.2, 0.25) is 0 Å².